The Balaban J connectivity index is 1.49. The summed E-state index contributed by atoms with van der Waals surface area (Å²) in [7, 11) is 0. The molecule has 1 unspecified atom stereocenters. The zero-order chi connectivity index (χ0) is 23.0. The van der Waals surface area contributed by atoms with E-state index in [1.54, 1.807) is 23.1 Å². The van der Waals surface area contributed by atoms with Crippen molar-refractivity contribution in [2.45, 2.75) is 51.6 Å². The van der Waals surface area contributed by atoms with Gasteiger partial charge in [0.15, 0.2) is 6.61 Å². The van der Waals surface area contributed by atoms with Gasteiger partial charge in [-0.1, -0.05) is 17.7 Å². The van der Waals surface area contributed by atoms with Crippen LogP contribution in [0.5, 0.6) is 5.75 Å². The summed E-state index contributed by atoms with van der Waals surface area (Å²) in [5, 5.41) is 3.04. The second-order valence-corrected chi connectivity index (χ2v) is 8.95. The number of hydrogen-bond donors (Lipinski definition) is 1. The molecular formula is C23H24ClF2N3O3. The van der Waals surface area contributed by atoms with Crippen molar-refractivity contribution in [3.63, 3.8) is 0 Å². The molecule has 0 radical (unpaired) electrons. The maximum Gasteiger partial charge on any atom is 0.278 e. The molecular weight excluding hydrogens is 440 g/mol. The monoisotopic (exact) mass is 463 g/mol. The van der Waals surface area contributed by atoms with Crippen molar-refractivity contribution in [3.8, 4) is 5.75 Å². The van der Waals surface area contributed by atoms with Gasteiger partial charge in [0.2, 0.25) is 5.91 Å². The number of carbonyl (C=O) groups excluding carboxylic acids is 2. The highest BCUT2D eigenvalue weighted by atomic mass is 35.5. The van der Waals surface area contributed by atoms with Crippen molar-refractivity contribution in [2.24, 2.45) is 5.92 Å². The van der Waals surface area contributed by atoms with Crippen LogP contribution in [0.3, 0.4) is 0 Å². The molecule has 1 aliphatic carbocycles. The Bertz CT molecular complexity index is 1050. The van der Waals surface area contributed by atoms with Crippen LogP contribution in [0.25, 0.3) is 0 Å². The number of benzene rings is 1. The third-order valence-corrected chi connectivity index (χ3v) is 5.99. The highest BCUT2D eigenvalue weighted by Gasteiger charge is 2.34. The van der Waals surface area contributed by atoms with Crippen LogP contribution in [0.1, 0.15) is 60.6 Å². The van der Waals surface area contributed by atoms with Crippen molar-refractivity contribution in [3.05, 3.63) is 52.2 Å². The van der Waals surface area contributed by atoms with Crippen molar-refractivity contribution in [1.82, 2.24) is 9.88 Å². The standard InChI is InChI=1S/C23H24ClF2N3O3/c1-13(15-5-6-19(18(24)10-15)32-12-23(2,25)26)29-11-17-16(22(29)31)7-8-27-21(17)28-20(30)9-14-3-4-14/h5-8,10,13-14H,3-4,9,11-12H2,1-2H3,(H,27,28,30). The van der Waals surface area contributed by atoms with E-state index >= 15 is 0 Å². The molecule has 2 aromatic rings. The fraction of sp³-hybridized carbons (Fsp3) is 0.435. The number of rotatable bonds is 8. The van der Waals surface area contributed by atoms with Gasteiger partial charge in [-0.15, -0.1) is 0 Å². The van der Waals surface area contributed by atoms with Gasteiger partial charge in [-0.05, 0) is 49.4 Å². The molecule has 1 aliphatic heterocycles. The Labute approximate surface area is 189 Å². The minimum atomic E-state index is -2.97. The number of halogens is 3. The predicted molar refractivity (Wildman–Crippen MR) is 116 cm³/mol. The lowest BCUT2D eigenvalue weighted by atomic mass is 10.1. The molecule has 2 amide bonds. The minimum Gasteiger partial charge on any atom is -0.486 e. The number of fused-ring (bicyclic) bond motifs is 1. The van der Waals surface area contributed by atoms with Crippen LogP contribution in [0.2, 0.25) is 5.02 Å². The Morgan fingerprint density at radius 3 is 2.78 bits per heavy atom. The molecule has 4 rings (SSSR count). The molecule has 0 spiro atoms. The number of carbonyl (C=O) groups is 2. The lowest BCUT2D eigenvalue weighted by Gasteiger charge is -2.25. The van der Waals surface area contributed by atoms with Crippen LogP contribution >= 0.6 is 11.6 Å². The summed E-state index contributed by atoms with van der Waals surface area (Å²) < 4.78 is 31.2. The number of alkyl halides is 2. The van der Waals surface area contributed by atoms with Gasteiger partial charge in [-0.25, -0.2) is 13.8 Å². The molecule has 2 heterocycles. The van der Waals surface area contributed by atoms with E-state index < -0.39 is 12.5 Å². The van der Waals surface area contributed by atoms with E-state index in [0.29, 0.717) is 35.8 Å². The zero-order valence-corrected chi connectivity index (χ0v) is 18.6. The Morgan fingerprint density at radius 1 is 1.38 bits per heavy atom. The van der Waals surface area contributed by atoms with E-state index in [1.165, 1.54) is 12.3 Å². The van der Waals surface area contributed by atoms with Crippen LogP contribution in [-0.4, -0.2) is 34.2 Å². The number of nitrogens with zero attached hydrogens (tertiary/aromatic N) is 2. The van der Waals surface area contributed by atoms with Crippen LogP contribution in [0, 0.1) is 5.92 Å². The fourth-order valence-corrected chi connectivity index (χ4v) is 3.96. The van der Waals surface area contributed by atoms with Crippen LogP contribution < -0.4 is 10.1 Å². The van der Waals surface area contributed by atoms with E-state index in [9.17, 15) is 18.4 Å². The average Bonchev–Trinajstić information content (AvgIpc) is 3.47. The molecule has 1 atom stereocenters. The first kappa shape index (κ1) is 22.5. The van der Waals surface area contributed by atoms with Gasteiger partial charge in [0.25, 0.3) is 11.8 Å². The maximum atomic E-state index is 13.1. The minimum absolute atomic E-state index is 0.0904. The fourth-order valence-electron chi connectivity index (χ4n) is 3.72. The van der Waals surface area contributed by atoms with E-state index in [4.69, 9.17) is 16.3 Å². The summed E-state index contributed by atoms with van der Waals surface area (Å²) in [5.41, 5.74) is 1.92. The number of amides is 2. The van der Waals surface area contributed by atoms with E-state index in [2.05, 4.69) is 10.3 Å². The first-order valence-electron chi connectivity index (χ1n) is 10.5. The number of pyridine rings is 1. The molecule has 0 bridgehead atoms. The van der Waals surface area contributed by atoms with Crippen LogP contribution in [0.4, 0.5) is 14.6 Å². The second kappa shape index (κ2) is 8.65. The molecule has 1 aromatic heterocycles. The Morgan fingerprint density at radius 2 is 2.12 bits per heavy atom. The first-order valence-corrected chi connectivity index (χ1v) is 10.9. The number of aromatic nitrogens is 1. The molecule has 170 valence electrons. The van der Waals surface area contributed by atoms with Crippen molar-refractivity contribution in [1.29, 1.82) is 0 Å². The molecule has 6 nitrogen and oxygen atoms in total. The molecule has 9 heteroatoms. The number of nitrogens with one attached hydrogen (secondary N) is 1. The lowest BCUT2D eigenvalue weighted by molar-refractivity contribution is -0.116. The van der Waals surface area contributed by atoms with E-state index in [1.807, 2.05) is 6.92 Å². The zero-order valence-electron chi connectivity index (χ0n) is 17.8. The molecule has 1 saturated carbocycles. The predicted octanol–water partition coefficient (Wildman–Crippen LogP) is 5.22. The van der Waals surface area contributed by atoms with Gasteiger partial charge in [-0.2, -0.15) is 0 Å². The van der Waals surface area contributed by atoms with E-state index in [-0.39, 0.29) is 28.6 Å². The second-order valence-electron chi connectivity index (χ2n) is 8.54. The number of ether oxygens (including phenoxy) is 1. The SMILES string of the molecule is CC(c1ccc(OCC(C)(F)F)c(Cl)c1)N1Cc2c(ccnc2NC(=O)CC2CC2)C1=O. The van der Waals surface area contributed by atoms with Gasteiger partial charge in [0.1, 0.15) is 11.6 Å². The topological polar surface area (TPSA) is 71.5 Å². The van der Waals surface area contributed by atoms with E-state index in [0.717, 1.165) is 25.3 Å². The molecule has 1 N–H and O–H groups in total. The first-order chi connectivity index (χ1) is 15.1. The molecule has 1 aromatic carbocycles. The average molecular weight is 464 g/mol. The highest BCUT2D eigenvalue weighted by molar-refractivity contribution is 6.32. The number of anilines is 1. The third-order valence-electron chi connectivity index (χ3n) is 5.69. The Kier molecular flexibility index (Phi) is 6.07. The smallest absolute Gasteiger partial charge is 0.278 e. The summed E-state index contributed by atoms with van der Waals surface area (Å²) in [6.45, 7) is 2.14. The van der Waals surface area contributed by atoms with Gasteiger partial charge in [0.05, 0.1) is 17.6 Å². The quantitative estimate of drug-likeness (QED) is 0.582. The summed E-state index contributed by atoms with van der Waals surface area (Å²) in [6.07, 6.45) is 4.13. The van der Waals surface area contributed by atoms with Crippen LogP contribution in [-0.2, 0) is 11.3 Å². The molecule has 0 saturated heterocycles. The van der Waals surface area contributed by atoms with Gasteiger partial charge in [-0.3, -0.25) is 9.59 Å². The normalized spacial score (nSPS) is 16.7. The summed E-state index contributed by atoms with van der Waals surface area (Å²) in [4.78, 5) is 31.2. The largest absolute Gasteiger partial charge is 0.486 e. The van der Waals surface area contributed by atoms with Gasteiger partial charge < -0.3 is 15.0 Å². The summed E-state index contributed by atoms with van der Waals surface area (Å²) >= 11 is 6.23. The molecule has 32 heavy (non-hydrogen) atoms. The highest BCUT2D eigenvalue weighted by Crippen LogP contribution is 2.37. The maximum absolute atomic E-state index is 13.1. The third kappa shape index (κ3) is 5.01. The summed E-state index contributed by atoms with van der Waals surface area (Å²) in [6, 6.07) is 6.15. The van der Waals surface area contributed by atoms with Crippen LogP contribution in [0.15, 0.2) is 30.5 Å². The number of hydrogen-bond acceptors (Lipinski definition) is 4. The van der Waals surface area contributed by atoms with Crippen molar-refractivity contribution >= 4 is 29.2 Å². The van der Waals surface area contributed by atoms with Crippen molar-refractivity contribution < 1.29 is 23.1 Å². The summed E-state index contributed by atoms with van der Waals surface area (Å²) in [5.74, 6) is -2.21. The van der Waals surface area contributed by atoms with Gasteiger partial charge >= 0.3 is 0 Å². The van der Waals surface area contributed by atoms with Crippen molar-refractivity contribution in [2.75, 3.05) is 11.9 Å². The Hall–Kier alpha value is -2.74. The molecule has 2 aliphatic rings. The lowest BCUT2D eigenvalue weighted by Crippen LogP contribution is -2.27. The van der Waals surface area contributed by atoms with Gasteiger partial charge in [0, 0.05) is 30.7 Å². The molecule has 1 fully saturated rings.